The van der Waals surface area contributed by atoms with Gasteiger partial charge in [0.1, 0.15) is 0 Å². The van der Waals surface area contributed by atoms with Gasteiger partial charge in [-0.1, -0.05) is 161 Å². The monoisotopic (exact) mass is 588 g/mol. The van der Waals surface area contributed by atoms with Crippen LogP contribution in [0.25, 0.3) is 32.7 Å². The summed E-state index contributed by atoms with van der Waals surface area (Å²) >= 11 is 0. The summed E-state index contributed by atoms with van der Waals surface area (Å²) in [7, 11) is 0.741. The SMILES string of the molecule is CC(C)P(Cc1ccccc1PCc1ccc2ccccc2c1-c1c(C2CCCCC2)ccc2ccccc12)C(C)C. The van der Waals surface area contributed by atoms with Gasteiger partial charge in [-0.15, -0.1) is 0 Å². The summed E-state index contributed by atoms with van der Waals surface area (Å²) in [6.45, 7) is 9.69. The van der Waals surface area contributed by atoms with Gasteiger partial charge in [0.05, 0.1) is 0 Å². The Labute approximate surface area is 256 Å². The van der Waals surface area contributed by atoms with Crippen LogP contribution in [-0.4, -0.2) is 11.3 Å². The zero-order chi connectivity index (χ0) is 29.1. The maximum Gasteiger partial charge on any atom is -0.00537 e. The second kappa shape index (κ2) is 13.4. The average Bonchev–Trinajstić information content (AvgIpc) is 3.02. The summed E-state index contributed by atoms with van der Waals surface area (Å²) in [6.07, 6.45) is 9.05. The second-order valence-electron chi connectivity index (χ2n) is 12.8. The summed E-state index contributed by atoms with van der Waals surface area (Å²) < 4.78 is 0. The third-order valence-corrected chi connectivity index (χ3v) is 14.2. The fourth-order valence-corrected chi connectivity index (χ4v) is 11.3. The van der Waals surface area contributed by atoms with Gasteiger partial charge in [-0.05, 0) is 97.1 Å². The minimum absolute atomic E-state index is 0.0294. The van der Waals surface area contributed by atoms with Crippen LogP contribution < -0.4 is 5.30 Å². The van der Waals surface area contributed by atoms with Crippen LogP contribution in [0.2, 0.25) is 0 Å². The molecule has 5 aromatic rings. The van der Waals surface area contributed by atoms with E-state index in [9.17, 15) is 0 Å². The first-order valence-corrected chi connectivity index (χ1v) is 19.0. The van der Waals surface area contributed by atoms with Crippen LogP contribution in [0, 0.1) is 0 Å². The molecular weight excluding hydrogens is 542 g/mol. The van der Waals surface area contributed by atoms with Crippen molar-refractivity contribution in [3.63, 3.8) is 0 Å². The fourth-order valence-electron chi connectivity index (χ4n) is 7.26. The van der Waals surface area contributed by atoms with Crippen LogP contribution in [0.1, 0.15) is 82.4 Å². The lowest BCUT2D eigenvalue weighted by Crippen LogP contribution is -2.10. The van der Waals surface area contributed by atoms with Gasteiger partial charge in [0.15, 0.2) is 0 Å². The predicted molar refractivity (Wildman–Crippen MR) is 192 cm³/mol. The van der Waals surface area contributed by atoms with Crippen molar-refractivity contribution in [1.82, 2.24) is 0 Å². The third-order valence-electron chi connectivity index (χ3n) is 9.44. The van der Waals surface area contributed by atoms with Gasteiger partial charge in [-0.25, -0.2) is 0 Å². The molecule has 0 aliphatic heterocycles. The molecule has 1 aliphatic carbocycles. The molecule has 6 rings (SSSR count). The lowest BCUT2D eigenvalue weighted by molar-refractivity contribution is 0.444. The molecule has 1 atom stereocenters. The number of rotatable bonds is 9. The molecule has 1 unspecified atom stereocenters. The number of hydrogen-bond donors (Lipinski definition) is 0. The molecule has 216 valence electrons. The largest absolute Gasteiger partial charge is 0.0969 e. The molecule has 0 amide bonds. The molecule has 0 saturated heterocycles. The zero-order valence-corrected chi connectivity index (χ0v) is 27.8. The van der Waals surface area contributed by atoms with Crippen LogP contribution >= 0.6 is 16.5 Å². The molecule has 2 heteroatoms. The molecule has 1 aliphatic rings. The van der Waals surface area contributed by atoms with Crippen molar-refractivity contribution in [3.05, 3.63) is 114 Å². The molecule has 0 aromatic heterocycles. The molecule has 42 heavy (non-hydrogen) atoms. The first-order chi connectivity index (χ1) is 20.5. The summed E-state index contributed by atoms with van der Waals surface area (Å²) in [4.78, 5) is 0. The summed E-state index contributed by atoms with van der Waals surface area (Å²) in [5.41, 5.74) is 9.18. The molecule has 5 aromatic carbocycles. The van der Waals surface area contributed by atoms with Gasteiger partial charge in [0.25, 0.3) is 0 Å². The molecule has 0 N–H and O–H groups in total. The van der Waals surface area contributed by atoms with E-state index in [0.29, 0.717) is 5.92 Å². The zero-order valence-electron chi connectivity index (χ0n) is 25.9. The predicted octanol–water partition coefficient (Wildman–Crippen LogP) is 12.0. The Bertz CT molecular complexity index is 1650. The first-order valence-electron chi connectivity index (χ1n) is 16.1. The number of benzene rings is 5. The van der Waals surface area contributed by atoms with E-state index in [0.717, 1.165) is 26.1 Å². The van der Waals surface area contributed by atoms with Gasteiger partial charge in [-0.2, -0.15) is 0 Å². The first kappa shape index (κ1) is 29.5. The highest BCUT2D eigenvalue weighted by atomic mass is 31.1. The Morgan fingerprint density at radius 2 is 1.21 bits per heavy atom. The van der Waals surface area contributed by atoms with Gasteiger partial charge in [-0.3, -0.25) is 0 Å². The molecular formula is C40H46P2. The van der Waals surface area contributed by atoms with Crippen molar-refractivity contribution >= 4 is 43.4 Å². The molecule has 0 radical (unpaired) electrons. The molecule has 0 heterocycles. The number of fused-ring (bicyclic) bond motifs is 2. The molecule has 1 saturated carbocycles. The Balaban J connectivity index is 1.47. The highest BCUT2D eigenvalue weighted by Gasteiger charge is 2.24. The summed E-state index contributed by atoms with van der Waals surface area (Å²) in [6, 6.07) is 37.2. The van der Waals surface area contributed by atoms with Gasteiger partial charge >= 0.3 is 0 Å². The van der Waals surface area contributed by atoms with Crippen LogP contribution in [0.4, 0.5) is 0 Å². The quantitative estimate of drug-likeness (QED) is 0.150. The van der Waals surface area contributed by atoms with Gasteiger partial charge in [0.2, 0.25) is 0 Å². The Kier molecular flexibility index (Phi) is 9.44. The minimum atomic E-state index is -0.0294. The topological polar surface area (TPSA) is 0 Å². The van der Waals surface area contributed by atoms with E-state index in [2.05, 4.69) is 125 Å². The van der Waals surface area contributed by atoms with E-state index in [1.54, 1.807) is 16.4 Å². The van der Waals surface area contributed by atoms with E-state index in [4.69, 9.17) is 0 Å². The maximum absolute atomic E-state index is 2.48. The van der Waals surface area contributed by atoms with E-state index >= 15 is 0 Å². The standard InChI is InChI=1S/C40H46P2/c1-28(2)42(29(3)4)27-34-18-10-13-21-38(34)41-26-33-23-22-31-16-8-11-19-35(31)39(33)40-36-20-12-9-17-32(36)24-25-37(40)30-14-6-5-7-15-30/h8-13,16-25,28-30,41H,5-7,14-15,26-27H2,1-4H3. The molecule has 1 fully saturated rings. The van der Waals surface area contributed by atoms with Gasteiger partial charge in [0, 0.05) is 0 Å². The van der Waals surface area contributed by atoms with E-state index in [-0.39, 0.29) is 7.92 Å². The normalized spacial score (nSPS) is 14.8. The van der Waals surface area contributed by atoms with Crippen molar-refractivity contribution in [2.45, 2.75) is 89.4 Å². The Morgan fingerprint density at radius 1 is 0.619 bits per heavy atom. The molecule has 0 spiro atoms. The lowest BCUT2D eigenvalue weighted by Gasteiger charge is -2.28. The highest BCUT2D eigenvalue weighted by Crippen LogP contribution is 2.50. The smallest absolute Gasteiger partial charge is 0.00537 e. The van der Waals surface area contributed by atoms with E-state index in [1.807, 2.05) is 0 Å². The Hall–Kier alpha value is -2.52. The summed E-state index contributed by atoms with van der Waals surface area (Å²) in [5, 5.41) is 7.10. The fraction of sp³-hybridized carbons (Fsp3) is 0.350. The van der Waals surface area contributed by atoms with Crippen molar-refractivity contribution in [2.75, 3.05) is 0 Å². The van der Waals surface area contributed by atoms with Crippen molar-refractivity contribution in [2.24, 2.45) is 0 Å². The number of hydrogen-bond acceptors (Lipinski definition) is 0. The van der Waals surface area contributed by atoms with Gasteiger partial charge < -0.3 is 0 Å². The highest BCUT2D eigenvalue weighted by molar-refractivity contribution is 7.58. The maximum atomic E-state index is 2.48. The summed E-state index contributed by atoms with van der Waals surface area (Å²) in [5.74, 6) is 0.652. The van der Waals surface area contributed by atoms with Crippen LogP contribution in [0.15, 0.2) is 97.1 Å². The minimum Gasteiger partial charge on any atom is -0.0969 e. The van der Waals surface area contributed by atoms with E-state index < -0.39 is 0 Å². The Morgan fingerprint density at radius 3 is 1.90 bits per heavy atom. The van der Waals surface area contributed by atoms with Crippen LogP contribution in [0.5, 0.6) is 0 Å². The van der Waals surface area contributed by atoms with Crippen molar-refractivity contribution < 1.29 is 0 Å². The van der Waals surface area contributed by atoms with Crippen molar-refractivity contribution in [1.29, 1.82) is 0 Å². The van der Waals surface area contributed by atoms with E-state index in [1.165, 1.54) is 76.5 Å². The lowest BCUT2D eigenvalue weighted by atomic mass is 9.78. The second-order valence-corrected chi connectivity index (χ2v) is 17.4. The third kappa shape index (κ3) is 6.23. The van der Waals surface area contributed by atoms with Crippen LogP contribution in [0.3, 0.4) is 0 Å². The molecule has 0 nitrogen and oxygen atoms in total. The van der Waals surface area contributed by atoms with Crippen LogP contribution in [-0.2, 0) is 12.3 Å². The average molecular weight is 589 g/mol. The van der Waals surface area contributed by atoms with Crippen molar-refractivity contribution in [3.8, 4) is 11.1 Å². The molecule has 0 bridgehead atoms.